The van der Waals surface area contributed by atoms with Gasteiger partial charge in [0, 0.05) is 19.0 Å². The summed E-state index contributed by atoms with van der Waals surface area (Å²) in [5.74, 6) is 1.25. The molecule has 10 heteroatoms. The second-order valence-electron chi connectivity index (χ2n) is 6.61. The van der Waals surface area contributed by atoms with Crippen molar-refractivity contribution in [2.24, 2.45) is 0 Å². The van der Waals surface area contributed by atoms with E-state index in [9.17, 15) is 13.2 Å². The molecular weight excluding hydrogens is 444 g/mol. The van der Waals surface area contributed by atoms with Crippen LogP contribution < -0.4 is 23.8 Å². The minimum Gasteiger partial charge on any atom is -0.497 e. The Hall–Kier alpha value is -2.65. The molecule has 0 atom stereocenters. The summed E-state index contributed by atoms with van der Waals surface area (Å²) in [6.45, 7) is 0.696. The molecule has 0 aliphatic rings. The first-order chi connectivity index (χ1) is 14.8. The Kier molecular flexibility index (Phi) is 9.26. The van der Waals surface area contributed by atoms with Gasteiger partial charge in [0.2, 0.25) is 15.9 Å². The molecule has 0 bridgehead atoms. The number of ether oxygens (including phenoxy) is 3. The summed E-state index contributed by atoms with van der Waals surface area (Å²) < 4.78 is 41.9. The third kappa shape index (κ3) is 7.52. The van der Waals surface area contributed by atoms with Gasteiger partial charge in [-0.25, -0.2) is 8.42 Å². The number of nitrogens with one attached hydrogen (secondary N) is 1. The number of benzene rings is 2. The number of hydrogen-bond donors (Lipinski definition) is 1. The molecule has 2 aromatic carbocycles. The fourth-order valence-electron chi connectivity index (χ4n) is 2.84. The molecule has 2 aromatic rings. The average molecular weight is 471 g/mol. The van der Waals surface area contributed by atoms with E-state index in [4.69, 9.17) is 25.8 Å². The molecule has 0 spiro atoms. The number of rotatable bonds is 12. The molecule has 8 nitrogen and oxygen atoms in total. The highest BCUT2D eigenvalue weighted by Crippen LogP contribution is 2.34. The van der Waals surface area contributed by atoms with Gasteiger partial charge in [0.05, 0.1) is 37.7 Å². The molecule has 1 N–H and O–H groups in total. The van der Waals surface area contributed by atoms with Gasteiger partial charge in [0.15, 0.2) is 0 Å². The maximum atomic E-state index is 12.4. The maximum absolute atomic E-state index is 12.4. The number of anilines is 1. The normalized spacial score (nSPS) is 11.0. The van der Waals surface area contributed by atoms with E-state index < -0.39 is 10.0 Å². The molecule has 0 saturated heterocycles. The summed E-state index contributed by atoms with van der Waals surface area (Å²) >= 11 is 6.01. The molecule has 0 heterocycles. The lowest BCUT2D eigenvalue weighted by molar-refractivity contribution is -0.121. The lowest BCUT2D eigenvalue weighted by Gasteiger charge is -2.24. The summed E-state index contributed by atoms with van der Waals surface area (Å²) in [6.07, 6.45) is 1.59. The Labute approximate surface area is 188 Å². The van der Waals surface area contributed by atoms with Gasteiger partial charge < -0.3 is 19.5 Å². The van der Waals surface area contributed by atoms with Gasteiger partial charge in [-0.3, -0.25) is 9.10 Å². The lowest BCUT2D eigenvalue weighted by Crippen LogP contribution is -2.33. The van der Waals surface area contributed by atoms with Crippen molar-refractivity contribution in [1.82, 2.24) is 5.32 Å². The predicted molar refractivity (Wildman–Crippen MR) is 121 cm³/mol. The van der Waals surface area contributed by atoms with Crippen LogP contribution in [0.1, 0.15) is 12.8 Å². The maximum Gasteiger partial charge on any atom is 0.232 e. The molecule has 0 saturated carbocycles. The van der Waals surface area contributed by atoms with Crippen molar-refractivity contribution in [3.05, 3.63) is 47.5 Å². The fraction of sp³-hybridized carbons (Fsp3) is 0.381. The van der Waals surface area contributed by atoms with Gasteiger partial charge in [0.1, 0.15) is 23.9 Å². The monoisotopic (exact) mass is 470 g/mol. The van der Waals surface area contributed by atoms with E-state index in [-0.39, 0.29) is 25.5 Å². The second-order valence-corrected chi connectivity index (χ2v) is 8.92. The molecule has 0 aromatic heterocycles. The van der Waals surface area contributed by atoms with Crippen molar-refractivity contribution in [2.45, 2.75) is 12.8 Å². The van der Waals surface area contributed by atoms with Gasteiger partial charge in [-0.15, -0.1) is 0 Å². The van der Waals surface area contributed by atoms with Crippen molar-refractivity contribution in [2.75, 3.05) is 44.5 Å². The van der Waals surface area contributed by atoms with Crippen molar-refractivity contribution < 1.29 is 27.4 Å². The molecule has 170 valence electrons. The van der Waals surface area contributed by atoms with Crippen molar-refractivity contribution in [1.29, 1.82) is 0 Å². The van der Waals surface area contributed by atoms with Crippen molar-refractivity contribution in [3.63, 3.8) is 0 Å². The third-order valence-corrected chi connectivity index (χ3v) is 5.83. The minimum absolute atomic E-state index is 0.117. The Balaban J connectivity index is 1.88. The van der Waals surface area contributed by atoms with E-state index >= 15 is 0 Å². The Morgan fingerprint density at radius 3 is 2.48 bits per heavy atom. The van der Waals surface area contributed by atoms with E-state index in [0.717, 1.165) is 6.26 Å². The number of para-hydroxylation sites is 1. The van der Waals surface area contributed by atoms with Crippen LogP contribution in [0.3, 0.4) is 0 Å². The predicted octanol–water partition coefficient (Wildman–Crippen LogP) is 3.10. The van der Waals surface area contributed by atoms with Crippen molar-refractivity contribution >= 4 is 33.2 Å². The van der Waals surface area contributed by atoms with Crippen LogP contribution >= 0.6 is 11.6 Å². The number of sulfonamides is 1. The molecule has 31 heavy (non-hydrogen) atoms. The van der Waals surface area contributed by atoms with Crippen LogP contribution in [0.4, 0.5) is 5.69 Å². The zero-order valence-electron chi connectivity index (χ0n) is 17.8. The zero-order chi connectivity index (χ0) is 22.9. The summed E-state index contributed by atoms with van der Waals surface area (Å²) in [6, 6.07) is 12.0. The molecule has 2 rings (SSSR count). The summed E-state index contributed by atoms with van der Waals surface area (Å²) in [5.41, 5.74) is 0.359. The van der Waals surface area contributed by atoms with Gasteiger partial charge in [-0.05, 0) is 30.7 Å². The van der Waals surface area contributed by atoms with Crippen LogP contribution in [0.15, 0.2) is 42.5 Å². The van der Waals surface area contributed by atoms with Crippen LogP contribution in [-0.2, 0) is 14.8 Å². The SMILES string of the molecule is COc1ccc(OC)c(N(CCCC(=O)NCCOc2ccccc2Cl)S(C)(=O)=O)c1. The van der Waals surface area contributed by atoms with Crippen LogP contribution in [0.2, 0.25) is 5.02 Å². The van der Waals surface area contributed by atoms with Gasteiger partial charge in [-0.2, -0.15) is 0 Å². The van der Waals surface area contributed by atoms with Crippen LogP contribution in [0.25, 0.3) is 0 Å². The number of carbonyl (C=O) groups excluding carboxylic acids is 1. The van der Waals surface area contributed by atoms with Gasteiger partial charge in [0.25, 0.3) is 0 Å². The molecular formula is C21H27ClN2O6S. The first-order valence-electron chi connectivity index (χ1n) is 9.60. The third-order valence-electron chi connectivity index (χ3n) is 4.34. The Morgan fingerprint density at radius 1 is 1.10 bits per heavy atom. The summed E-state index contributed by atoms with van der Waals surface area (Å²) in [5, 5.41) is 3.25. The molecule has 0 aliphatic carbocycles. The molecule has 0 unspecified atom stereocenters. The van der Waals surface area contributed by atoms with Crippen LogP contribution in [-0.4, -0.2) is 54.5 Å². The van der Waals surface area contributed by atoms with Gasteiger partial charge in [-0.1, -0.05) is 23.7 Å². The van der Waals surface area contributed by atoms with Crippen LogP contribution in [0, 0.1) is 0 Å². The highest BCUT2D eigenvalue weighted by Gasteiger charge is 2.22. The van der Waals surface area contributed by atoms with E-state index in [1.165, 1.54) is 18.5 Å². The molecule has 0 radical (unpaired) electrons. The van der Waals surface area contributed by atoms with Crippen LogP contribution in [0.5, 0.6) is 17.2 Å². The molecule has 0 aliphatic heterocycles. The Bertz CT molecular complexity index is 984. The zero-order valence-corrected chi connectivity index (χ0v) is 19.3. The number of carbonyl (C=O) groups is 1. The van der Waals surface area contributed by atoms with Crippen molar-refractivity contribution in [3.8, 4) is 17.2 Å². The smallest absolute Gasteiger partial charge is 0.232 e. The summed E-state index contributed by atoms with van der Waals surface area (Å²) in [7, 11) is -0.637. The van der Waals surface area contributed by atoms with Gasteiger partial charge >= 0.3 is 0 Å². The quantitative estimate of drug-likeness (QED) is 0.479. The largest absolute Gasteiger partial charge is 0.497 e. The first kappa shape index (κ1) is 24.6. The molecule has 1 amide bonds. The molecule has 0 fully saturated rings. The highest BCUT2D eigenvalue weighted by molar-refractivity contribution is 7.92. The topological polar surface area (TPSA) is 94.2 Å². The highest BCUT2D eigenvalue weighted by atomic mass is 35.5. The fourth-order valence-corrected chi connectivity index (χ4v) is 3.99. The minimum atomic E-state index is -3.60. The first-order valence-corrected chi connectivity index (χ1v) is 11.8. The van der Waals surface area contributed by atoms with E-state index in [0.29, 0.717) is 40.9 Å². The average Bonchev–Trinajstić information content (AvgIpc) is 2.74. The second kappa shape index (κ2) is 11.7. The number of hydrogen-bond acceptors (Lipinski definition) is 6. The Morgan fingerprint density at radius 2 is 1.84 bits per heavy atom. The summed E-state index contributed by atoms with van der Waals surface area (Å²) in [4.78, 5) is 12.1. The van der Waals surface area contributed by atoms with E-state index in [2.05, 4.69) is 5.32 Å². The number of halogens is 1. The lowest BCUT2D eigenvalue weighted by atomic mass is 10.2. The number of methoxy groups -OCH3 is 2. The van der Waals surface area contributed by atoms with E-state index in [1.807, 2.05) is 6.07 Å². The standard InChI is InChI=1S/C21H27ClN2O6S/c1-28-16-10-11-20(29-2)18(15-16)24(31(3,26)27)13-6-9-21(25)23-12-14-30-19-8-5-4-7-17(19)22/h4-5,7-8,10-11,15H,6,9,12-14H2,1-3H3,(H,23,25). The van der Waals surface area contributed by atoms with E-state index in [1.54, 1.807) is 36.4 Å². The number of amides is 1. The number of nitrogens with zero attached hydrogens (tertiary/aromatic N) is 1.